The molecule has 29 heavy (non-hydrogen) atoms. The van der Waals surface area contributed by atoms with Gasteiger partial charge in [0.15, 0.2) is 5.78 Å². The van der Waals surface area contributed by atoms with Crippen molar-refractivity contribution in [1.29, 1.82) is 0 Å². The van der Waals surface area contributed by atoms with E-state index >= 15 is 0 Å². The van der Waals surface area contributed by atoms with Gasteiger partial charge in [-0.05, 0) is 57.4 Å². The van der Waals surface area contributed by atoms with Crippen molar-refractivity contribution in [2.45, 2.75) is 143 Å². The van der Waals surface area contributed by atoms with Gasteiger partial charge in [-0.25, -0.2) is 0 Å². The van der Waals surface area contributed by atoms with Gasteiger partial charge in [0.25, 0.3) is 0 Å². The molecule has 2 nitrogen and oxygen atoms in total. The molecule has 0 aromatic rings. The summed E-state index contributed by atoms with van der Waals surface area (Å²) in [6.07, 6.45) is 21.0. The fraction of sp³-hybridized carbons (Fsp3) is 0.889. The van der Waals surface area contributed by atoms with Crippen molar-refractivity contribution in [2.24, 2.45) is 5.41 Å². The average Bonchev–Trinajstić information content (AvgIpc) is 2.66. The van der Waals surface area contributed by atoms with E-state index in [0.717, 1.165) is 31.4 Å². The predicted molar refractivity (Wildman–Crippen MR) is 126 cm³/mol. The van der Waals surface area contributed by atoms with E-state index in [1.165, 1.54) is 89.0 Å². The number of allylic oxidation sites excluding steroid dienone is 2. The number of carbonyl (C=O) groups is 1. The first-order valence-electron chi connectivity index (χ1n) is 12.7. The molecule has 0 bridgehead atoms. The normalized spacial score (nSPS) is 16.8. The molecule has 0 atom stereocenters. The summed E-state index contributed by atoms with van der Waals surface area (Å²) in [6.45, 7) is 11.9. The Bertz CT molecular complexity index is 473. The van der Waals surface area contributed by atoms with Crippen molar-refractivity contribution >= 4 is 5.78 Å². The summed E-state index contributed by atoms with van der Waals surface area (Å²) in [4.78, 5) is 12.0. The van der Waals surface area contributed by atoms with Crippen LogP contribution in [0, 0.1) is 5.41 Å². The second kappa shape index (κ2) is 15.2. The minimum absolute atomic E-state index is 0.236. The van der Waals surface area contributed by atoms with Crippen molar-refractivity contribution in [3.05, 3.63) is 11.1 Å². The largest absolute Gasteiger partial charge is 0.379 e. The van der Waals surface area contributed by atoms with Gasteiger partial charge >= 0.3 is 0 Å². The molecule has 0 fully saturated rings. The molecule has 1 aliphatic rings. The SMILES string of the molecule is CC1=C(CCCCCCCCCCCCCCCOC(C)C)C(C)(C)CCC1=O. The van der Waals surface area contributed by atoms with Crippen LogP contribution in [0.5, 0.6) is 0 Å². The quantitative estimate of drug-likeness (QED) is 0.226. The molecule has 1 aliphatic carbocycles. The number of unbranched alkanes of at least 4 members (excludes halogenated alkanes) is 12. The molecule has 0 amide bonds. The van der Waals surface area contributed by atoms with Gasteiger partial charge in [-0.15, -0.1) is 0 Å². The summed E-state index contributed by atoms with van der Waals surface area (Å²) in [6, 6.07) is 0. The van der Waals surface area contributed by atoms with E-state index in [9.17, 15) is 4.79 Å². The van der Waals surface area contributed by atoms with Gasteiger partial charge in [0, 0.05) is 13.0 Å². The zero-order valence-electron chi connectivity index (χ0n) is 20.4. The van der Waals surface area contributed by atoms with Gasteiger partial charge in [0.05, 0.1) is 6.10 Å². The fourth-order valence-corrected chi connectivity index (χ4v) is 4.63. The van der Waals surface area contributed by atoms with Crippen LogP contribution in [0.25, 0.3) is 0 Å². The summed E-state index contributed by atoms with van der Waals surface area (Å²) in [5.41, 5.74) is 2.76. The maximum absolute atomic E-state index is 12.0. The summed E-state index contributed by atoms with van der Waals surface area (Å²) in [7, 11) is 0. The number of ether oxygens (including phenoxy) is 1. The minimum Gasteiger partial charge on any atom is -0.379 e. The van der Waals surface area contributed by atoms with E-state index in [2.05, 4.69) is 34.6 Å². The Morgan fingerprint density at radius 3 is 1.72 bits per heavy atom. The van der Waals surface area contributed by atoms with Gasteiger partial charge in [-0.2, -0.15) is 0 Å². The first-order chi connectivity index (χ1) is 13.8. The van der Waals surface area contributed by atoms with Crippen LogP contribution in [0.4, 0.5) is 0 Å². The Morgan fingerprint density at radius 1 is 0.793 bits per heavy atom. The lowest BCUT2D eigenvalue weighted by atomic mass is 9.70. The van der Waals surface area contributed by atoms with Crippen molar-refractivity contribution in [1.82, 2.24) is 0 Å². The molecule has 0 aromatic heterocycles. The number of hydrogen-bond acceptors (Lipinski definition) is 2. The molecule has 1 rings (SSSR count). The minimum atomic E-state index is 0.236. The van der Waals surface area contributed by atoms with Crippen molar-refractivity contribution < 1.29 is 9.53 Å². The molecule has 2 heteroatoms. The Balaban J connectivity index is 1.89. The highest BCUT2D eigenvalue weighted by Crippen LogP contribution is 2.41. The summed E-state index contributed by atoms with van der Waals surface area (Å²) < 4.78 is 5.58. The molecular formula is C27H50O2. The molecule has 0 unspecified atom stereocenters. The number of carbonyl (C=O) groups excluding carboxylic acids is 1. The second-order valence-corrected chi connectivity index (χ2v) is 10.2. The smallest absolute Gasteiger partial charge is 0.158 e. The highest BCUT2D eigenvalue weighted by molar-refractivity contribution is 5.96. The van der Waals surface area contributed by atoms with Crippen molar-refractivity contribution in [3.63, 3.8) is 0 Å². The maximum Gasteiger partial charge on any atom is 0.158 e. The molecule has 0 spiro atoms. The highest BCUT2D eigenvalue weighted by atomic mass is 16.5. The molecule has 0 saturated heterocycles. The first kappa shape index (κ1) is 26.4. The van der Waals surface area contributed by atoms with Crippen LogP contribution >= 0.6 is 0 Å². The Kier molecular flexibility index (Phi) is 13.9. The lowest BCUT2D eigenvalue weighted by Crippen LogP contribution is -2.25. The molecule has 0 radical (unpaired) electrons. The molecule has 0 heterocycles. The molecule has 0 aliphatic heterocycles. The third-order valence-electron chi connectivity index (χ3n) is 6.69. The molecule has 0 N–H and O–H groups in total. The van der Waals surface area contributed by atoms with Crippen molar-refractivity contribution in [2.75, 3.05) is 6.61 Å². The zero-order chi connectivity index (χ0) is 21.5. The van der Waals surface area contributed by atoms with Gasteiger partial charge in [0.1, 0.15) is 0 Å². The summed E-state index contributed by atoms with van der Waals surface area (Å²) >= 11 is 0. The third-order valence-corrected chi connectivity index (χ3v) is 6.69. The summed E-state index contributed by atoms with van der Waals surface area (Å²) in [5.74, 6) is 0.388. The lowest BCUT2D eigenvalue weighted by Gasteiger charge is -2.34. The standard InChI is InChI=1S/C27H50O2/c1-23(2)29-22-18-16-14-12-10-8-6-7-9-11-13-15-17-19-25-24(3)26(28)20-21-27(25,4)5/h23H,6-22H2,1-5H3. The van der Waals surface area contributed by atoms with Crippen LogP contribution in [-0.2, 0) is 9.53 Å². The highest BCUT2D eigenvalue weighted by Gasteiger charge is 2.31. The van der Waals surface area contributed by atoms with Crippen LogP contribution in [0.1, 0.15) is 137 Å². The first-order valence-corrected chi connectivity index (χ1v) is 12.7. The van der Waals surface area contributed by atoms with Gasteiger partial charge in [-0.1, -0.05) is 90.0 Å². The van der Waals surface area contributed by atoms with Gasteiger partial charge in [-0.3, -0.25) is 4.79 Å². The van der Waals surface area contributed by atoms with Crippen LogP contribution < -0.4 is 0 Å². The summed E-state index contributed by atoms with van der Waals surface area (Å²) in [5, 5.41) is 0. The number of ketones is 1. The number of Topliss-reactive ketones (excluding diaryl/α,β-unsaturated/α-hetero) is 1. The third kappa shape index (κ3) is 12.0. The van der Waals surface area contributed by atoms with E-state index < -0.39 is 0 Å². The maximum atomic E-state index is 12.0. The molecule has 0 saturated carbocycles. The molecule has 0 aromatic carbocycles. The monoisotopic (exact) mass is 406 g/mol. The average molecular weight is 407 g/mol. The number of hydrogen-bond donors (Lipinski definition) is 0. The van der Waals surface area contributed by atoms with Gasteiger partial charge in [0.2, 0.25) is 0 Å². The molecule has 170 valence electrons. The van der Waals surface area contributed by atoms with E-state index in [1.807, 2.05) is 0 Å². The Morgan fingerprint density at radius 2 is 1.24 bits per heavy atom. The zero-order valence-corrected chi connectivity index (χ0v) is 20.4. The Hall–Kier alpha value is -0.630. The van der Waals surface area contributed by atoms with E-state index in [1.54, 1.807) is 0 Å². The van der Waals surface area contributed by atoms with Gasteiger partial charge < -0.3 is 4.74 Å². The van der Waals surface area contributed by atoms with E-state index in [-0.39, 0.29) is 5.41 Å². The lowest BCUT2D eigenvalue weighted by molar-refractivity contribution is -0.116. The number of rotatable bonds is 17. The van der Waals surface area contributed by atoms with E-state index in [0.29, 0.717) is 11.9 Å². The van der Waals surface area contributed by atoms with Crippen LogP contribution in [0.15, 0.2) is 11.1 Å². The Labute approximate surface area is 182 Å². The fourth-order valence-electron chi connectivity index (χ4n) is 4.63. The second-order valence-electron chi connectivity index (χ2n) is 10.2. The molecular weight excluding hydrogens is 356 g/mol. The van der Waals surface area contributed by atoms with Crippen LogP contribution in [-0.4, -0.2) is 18.5 Å². The van der Waals surface area contributed by atoms with Crippen molar-refractivity contribution in [3.8, 4) is 0 Å². The topological polar surface area (TPSA) is 26.3 Å². The van der Waals surface area contributed by atoms with E-state index in [4.69, 9.17) is 4.74 Å². The van der Waals surface area contributed by atoms with Crippen LogP contribution in [0.2, 0.25) is 0 Å². The predicted octanol–water partition coefficient (Wildman–Crippen LogP) is 8.58. The van der Waals surface area contributed by atoms with Crippen LogP contribution in [0.3, 0.4) is 0 Å².